The van der Waals surface area contributed by atoms with Crippen molar-refractivity contribution in [3.8, 4) is 0 Å². The summed E-state index contributed by atoms with van der Waals surface area (Å²) in [6.45, 7) is 6.87. The van der Waals surface area contributed by atoms with Gasteiger partial charge in [0.15, 0.2) is 0 Å². The summed E-state index contributed by atoms with van der Waals surface area (Å²) in [6.07, 6.45) is 6.24. The molecule has 0 aliphatic heterocycles. The van der Waals surface area contributed by atoms with Gasteiger partial charge in [-0.05, 0) is 44.8 Å². The zero-order valence-electron chi connectivity index (χ0n) is 7.55. The lowest BCUT2D eigenvalue weighted by atomic mass is 9.80. The molecule has 0 saturated heterocycles. The topological polar surface area (TPSA) is 17.1 Å². The van der Waals surface area contributed by atoms with Crippen molar-refractivity contribution >= 4 is 5.78 Å². The zero-order valence-corrected chi connectivity index (χ0v) is 7.55. The number of rotatable bonds is 2. The summed E-state index contributed by atoms with van der Waals surface area (Å²) in [5.74, 6) is 1.08. The highest BCUT2D eigenvalue weighted by Crippen LogP contribution is 2.29. The Bertz CT molecular complexity index is 203. The molecule has 0 aromatic rings. The molecule has 1 radical (unpaired) electrons. The van der Waals surface area contributed by atoms with Gasteiger partial charge >= 0.3 is 0 Å². The maximum absolute atomic E-state index is 11.1. The van der Waals surface area contributed by atoms with Crippen LogP contribution in [0.3, 0.4) is 0 Å². The molecule has 1 aliphatic rings. The molecule has 0 aromatic heterocycles. The number of hydrogen-bond acceptors (Lipinski definition) is 1. The average Bonchev–Trinajstić information content (AvgIpc) is 2.05. The molecule has 2 unspecified atom stereocenters. The molecular weight excluding hydrogens is 148 g/mol. The number of Topliss-reactive ketones (excluding diaryl/α,β-unsaturated/α-hetero) is 1. The second-order valence-corrected chi connectivity index (χ2v) is 3.57. The van der Waals surface area contributed by atoms with E-state index in [4.69, 9.17) is 6.58 Å². The van der Waals surface area contributed by atoms with E-state index in [1.807, 2.05) is 6.08 Å². The highest BCUT2D eigenvalue weighted by atomic mass is 16.1. The maximum Gasteiger partial charge on any atom is 0.132 e. The standard InChI is InChI=1S/C11H15O/c1-3-5-10-6-4-7-11(8-10)9(2)12/h1,5,10-11H,4,6-8H2,2H3. The number of allylic oxidation sites excluding steroid dienone is 1. The van der Waals surface area contributed by atoms with E-state index in [0.717, 1.165) is 25.7 Å². The maximum atomic E-state index is 11.1. The average molecular weight is 163 g/mol. The van der Waals surface area contributed by atoms with Crippen molar-refractivity contribution in [3.05, 3.63) is 18.4 Å². The third kappa shape index (κ3) is 2.35. The van der Waals surface area contributed by atoms with Crippen LogP contribution in [0, 0.1) is 18.4 Å². The van der Waals surface area contributed by atoms with Crippen LogP contribution in [0.5, 0.6) is 0 Å². The Kier molecular flexibility index (Phi) is 3.31. The van der Waals surface area contributed by atoms with E-state index >= 15 is 0 Å². The molecule has 1 fully saturated rings. The number of ketones is 1. The molecule has 12 heavy (non-hydrogen) atoms. The minimum Gasteiger partial charge on any atom is -0.300 e. The molecule has 65 valence electrons. The molecular formula is C11H15O. The van der Waals surface area contributed by atoms with Gasteiger partial charge in [0, 0.05) is 5.92 Å². The Morgan fingerprint density at radius 3 is 2.92 bits per heavy atom. The molecule has 1 heteroatoms. The summed E-state index contributed by atoms with van der Waals surface area (Å²) >= 11 is 0. The Balaban J connectivity index is 2.51. The molecule has 1 saturated carbocycles. The summed E-state index contributed by atoms with van der Waals surface area (Å²) in [6, 6.07) is 0. The lowest BCUT2D eigenvalue weighted by molar-refractivity contribution is -0.121. The molecule has 0 bridgehead atoms. The first-order valence-electron chi connectivity index (χ1n) is 4.54. The van der Waals surface area contributed by atoms with E-state index in [1.165, 1.54) is 0 Å². The monoisotopic (exact) mass is 163 g/mol. The van der Waals surface area contributed by atoms with Crippen molar-refractivity contribution in [2.45, 2.75) is 32.6 Å². The summed E-state index contributed by atoms with van der Waals surface area (Å²) in [5, 5.41) is 0. The second kappa shape index (κ2) is 4.27. The predicted molar refractivity (Wildman–Crippen MR) is 48.5 cm³/mol. The summed E-state index contributed by atoms with van der Waals surface area (Å²) < 4.78 is 0. The minimum atomic E-state index is 0.272. The van der Waals surface area contributed by atoms with Crippen LogP contribution in [0.1, 0.15) is 32.6 Å². The molecule has 1 aliphatic carbocycles. The molecule has 0 heterocycles. The largest absolute Gasteiger partial charge is 0.300 e. The number of carbonyl (C=O) groups is 1. The Morgan fingerprint density at radius 2 is 2.33 bits per heavy atom. The van der Waals surface area contributed by atoms with Crippen molar-refractivity contribution < 1.29 is 4.79 Å². The van der Waals surface area contributed by atoms with Crippen molar-refractivity contribution in [1.29, 1.82) is 0 Å². The molecule has 0 N–H and O–H groups in total. The van der Waals surface area contributed by atoms with Gasteiger partial charge in [0.1, 0.15) is 5.78 Å². The number of carbonyl (C=O) groups excluding carboxylic acids is 1. The Hall–Kier alpha value is -0.810. The van der Waals surface area contributed by atoms with Crippen molar-refractivity contribution in [2.24, 2.45) is 11.8 Å². The van der Waals surface area contributed by atoms with Crippen LogP contribution in [0.2, 0.25) is 0 Å². The fourth-order valence-electron chi connectivity index (χ4n) is 1.88. The normalized spacial score (nSPS) is 29.1. The first-order chi connectivity index (χ1) is 5.74. The Labute approximate surface area is 74.2 Å². The van der Waals surface area contributed by atoms with Gasteiger partial charge in [-0.25, -0.2) is 0 Å². The first kappa shape index (κ1) is 9.28. The van der Waals surface area contributed by atoms with E-state index in [1.54, 1.807) is 6.92 Å². The van der Waals surface area contributed by atoms with Gasteiger partial charge in [-0.15, -0.1) is 5.73 Å². The lowest BCUT2D eigenvalue weighted by Gasteiger charge is -2.24. The fraction of sp³-hybridized carbons (Fsp3) is 0.636. The van der Waals surface area contributed by atoms with E-state index < -0.39 is 0 Å². The quantitative estimate of drug-likeness (QED) is 0.572. The van der Waals surface area contributed by atoms with Crippen LogP contribution in [0.15, 0.2) is 11.8 Å². The summed E-state index contributed by atoms with van der Waals surface area (Å²) in [4.78, 5) is 11.1. The van der Waals surface area contributed by atoms with Gasteiger partial charge in [-0.3, -0.25) is 4.79 Å². The van der Waals surface area contributed by atoms with E-state index in [9.17, 15) is 4.79 Å². The van der Waals surface area contributed by atoms with Gasteiger partial charge in [-0.1, -0.05) is 6.42 Å². The van der Waals surface area contributed by atoms with Gasteiger partial charge in [-0.2, -0.15) is 0 Å². The second-order valence-electron chi connectivity index (χ2n) is 3.57. The SMILES string of the molecule is [CH]=C=CC1CCCC(C(C)=O)C1. The lowest BCUT2D eigenvalue weighted by Crippen LogP contribution is -2.19. The third-order valence-electron chi connectivity index (χ3n) is 2.62. The number of hydrogen-bond donors (Lipinski definition) is 0. The van der Waals surface area contributed by atoms with Gasteiger partial charge in [0.05, 0.1) is 0 Å². The van der Waals surface area contributed by atoms with E-state index in [2.05, 4.69) is 5.73 Å². The molecule has 2 atom stereocenters. The van der Waals surface area contributed by atoms with Gasteiger partial charge in [0.2, 0.25) is 0 Å². The van der Waals surface area contributed by atoms with E-state index in [-0.39, 0.29) is 5.92 Å². The van der Waals surface area contributed by atoms with E-state index in [0.29, 0.717) is 11.7 Å². The Morgan fingerprint density at radius 1 is 1.58 bits per heavy atom. The van der Waals surface area contributed by atoms with Crippen LogP contribution in [0.25, 0.3) is 0 Å². The molecule has 0 spiro atoms. The highest BCUT2D eigenvalue weighted by molar-refractivity contribution is 5.78. The van der Waals surface area contributed by atoms with Crippen molar-refractivity contribution in [3.63, 3.8) is 0 Å². The molecule has 1 nitrogen and oxygen atoms in total. The van der Waals surface area contributed by atoms with Crippen LogP contribution in [-0.4, -0.2) is 5.78 Å². The van der Waals surface area contributed by atoms with Crippen molar-refractivity contribution in [2.75, 3.05) is 0 Å². The smallest absolute Gasteiger partial charge is 0.132 e. The minimum absolute atomic E-state index is 0.272. The van der Waals surface area contributed by atoms with Crippen LogP contribution in [0.4, 0.5) is 0 Å². The summed E-state index contributed by atoms with van der Waals surface area (Å²) in [5.41, 5.74) is 2.56. The third-order valence-corrected chi connectivity index (χ3v) is 2.62. The summed E-state index contributed by atoms with van der Waals surface area (Å²) in [7, 11) is 0. The van der Waals surface area contributed by atoms with Gasteiger partial charge < -0.3 is 0 Å². The first-order valence-corrected chi connectivity index (χ1v) is 4.54. The predicted octanol–water partition coefficient (Wildman–Crippen LogP) is 2.53. The van der Waals surface area contributed by atoms with Crippen LogP contribution >= 0.6 is 0 Å². The zero-order chi connectivity index (χ0) is 8.97. The van der Waals surface area contributed by atoms with Crippen LogP contribution < -0.4 is 0 Å². The fourth-order valence-corrected chi connectivity index (χ4v) is 1.88. The highest BCUT2D eigenvalue weighted by Gasteiger charge is 2.22. The van der Waals surface area contributed by atoms with Gasteiger partial charge in [0.25, 0.3) is 0 Å². The molecule has 1 rings (SSSR count). The molecule has 0 amide bonds. The van der Waals surface area contributed by atoms with Crippen molar-refractivity contribution in [1.82, 2.24) is 0 Å². The van der Waals surface area contributed by atoms with Crippen LogP contribution in [-0.2, 0) is 4.79 Å². The molecule has 0 aromatic carbocycles.